The summed E-state index contributed by atoms with van der Waals surface area (Å²) >= 11 is 2.12. The summed E-state index contributed by atoms with van der Waals surface area (Å²) in [6.07, 6.45) is 9.57. The molecule has 0 amide bonds. The molecule has 2 aliphatic rings. The van der Waals surface area contributed by atoms with Gasteiger partial charge in [0, 0.05) is 11.5 Å². The minimum absolute atomic E-state index is 0.235. The lowest BCUT2D eigenvalue weighted by molar-refractivity contribution is 0.197. The maximum Gasteiger partial charge on any atom is 0.489 e. The zero-order valence-electron chi connectivity index (χ0n) is 12.6. The summed E-state index contributed by atoms with van der Waals surface area (Å²) in [6, 6.07) is 3.64. The number of hydrogen-bond acceptors (Lipinski definition) is 4. The molecular weight excluding hydrogens is 394 g/mol. The molecule has 0 aromatic heterocycles. The molecule has 2 saturated carbocycles. The molecule has 0 radical (unpaired) electrons. The van der Waals surface area contributed by atoms with Crippen molar-refractivity contribution in [3.8, 4) is 11.5 Å². The van der Waals surface area contributed by atoms with Crippen LogP contribution in [0.15, 0.2) is 12.1 Å². The van der Waals surface area contributed by atoms with Gasteiger partial charge in [0.05, 0.1) is 15.8 Å². The summed E-state index contributed by atoms with van der Waals surface area (Å²) in [5.74, 6) is 1.40. The van der Waals surface area contributed by atoms with E-state index in [-0.39, 0.29) is 12.2 Å². The first kappa shape index (κ1) is 16.4. The molecule has 0 saturated heterocycles. The summed E-state index contributed by atoms with van der Waals surface area (Å²) in [4.78, 5) is 0. The molecule has 2 fully saturated rings. The van der Waals surface area contributed by atoms with Gasteiger partial charge >= 0.3 is 7.12 Å². The van der Waals surface area contributed by atoms with Crippen LogP contribution in [0.5, 0.6) is 11.5 Å². The van der Waals surface area contributed by atoms with Gasteiger partial charge in [0.25, 0.3) is 0 Å². The first-order chi connectivity index (χ1) is 10.6. The van der Waals surface area contributed by atoms with Crippen LogP contribution in [0.1, 0.15) is 51.4 Å². The summed E-state index contributed by atoms with van der Waals surface area (Å²) < 4.78 is 12.9. The molecule has 2 N–H and O–H groups in total. The zero-order chi connectivity index (χ0) is 15.5. The molecule has 4 nitrogen and oxygen atoms in total. The van der Waals surface area contributed by atoms with Gasteiger partial charge in [-0.1, -0.05) is 0 Å². The van der Waals surface area contributed by atoms with Crippen molar-refractivity contribution in [1.82, 2.24) is 0 Å². The van der Waals surface area contributed by atoms with E-state index in [1.165, 1.54) is 25.7 Å². The van der Waals surface area contributed by atoms with Crippen molar-refractivity contribution in [2.45, 2.75) is 63.6 Å². The van der Waals surface area contributed by atoms with E-state index in [2.05, 4.69) is 22.6 Å². The maximum atomic E-state index is 9.61. The molecule has 0 heterocycles. The maximum absolute atomic E-state index is 9.61. The first-order valence-electron chi connectivity index (χ1n) is 8.16. The van der Waals surface area contributed by atoms with Crippen LogP contribution in [0.3, 0.4) is 0 Å². The van der Waals surface area contributed by atoms with Crippen LogP contribution in [-0.4, -0.2) is 29.4 Å². The van der Waals surface area contributed by atoms with Crippen LogP contribution in [0.2, 0.25) is 0 Å². The fourth-order valence-corrected chi connectivity index (χ4v) is 4.04. The van der Waals surface area contributed by atoms with E-state index in [0.717, 1.165) is 29.3 Å². The fourth-order valence-electron chi connectivity index (χ4n) is 3.32. The molecule has 120 valence electrons. The van der Waals surface area contributed by atoms with E-state index in [1.807, 2.05) is 6.07 Å². The summed E-state index contributed by atoms with van der Waals surface area (Å²) in [5.41, 5.74) is 0.462. The standard InChI is InChI=1S/C16H22BIO4/c18-16-14(17(19)20)9-13(21-11-5-1-2-6-11)10-15(16)22-12-7-3-4-8-12/h9-12,19-20H,1-8H2. The molecule has 0 unspecified atom stereocenters. The molecule has 0 spiro atoms. The van der Waals surface area contributed by atoms with Crippen molar-refractivity contribution >= 4 is 35.2 Å². The molecule has 0 atom stereocenters. The Morgan fingerprint density at radius 1 is 0.909 bits per heavy atom. The van der Waals surface area contributed by atoms with Gasteiger partial charge in [-0.25, -0.2) is 0 Å². The molecule has 1 aromatic rings. The third-order valence-electron chi connectivity index (χ3n) is 4.52. The van der Waals surface area contributed by atoms with Gasteiger partial charge < -0.3 is 19.5 Å². The number of rotatable bonds is 5. The summed E-state index contributed by atoms with van der Waals surface area (Å²) in [6.45, 7) is 0. The van der Waals surface area contributed by atoms with Crippen molar-refractivity contribution in [3.05, 3.63) is 15.7 Å². The Bertz CT molecular complexity index is 511. The van der Waals surface area contributed by atoms with Crippen LogP contribution in [0.25, 0.3) is 0 Å². The van der Waals surface area contributed by atoms with E-state index >= 15 is 0 Å². The lowest BCUT2D eigenvalue weighted by Crippen LogP contribution is -2.33. The van der Waals surface area contributed by atoms with Gasteiger partial charge in [-0.05, 0) is 80.0 Å². The number of ether oxygens (including phenoxy) is 2. The second-order valence-electron chi connectivity index (χ2n) is 6.25. The Morgan fingerprint density at radius 2 is 1.45 bits per heavy atom. The smallest absolute Gasteiger partial charge is 0.489 e. The predicted molar refractivity (Wildman–Crippen MR) is 94.8 cm³/mol. The van der Waals surface area contributed by atoms with Crippen molar-refractivity contribution in [1.29, 1.82) is 0 Å². The number of halogens is 1. The van der Waals surface area contributed by atoms with E-state index in [9.17, 15) is 10.0 Å². The fraction of sp³-hybridized carbons (Fsp3) is 0.625. The van der Waals surface area contributed by atoms with E-state index in [4.69, 9.17) is 9.47 Å². The van der Waals surface area contributed by atoms with Crippen LogP contribution >= 0.6 is 22.6 Å². The Kier molecular flexibility index (Phi) is 5.52. The van der Waals surface area contributed by atoms with E-state index < -0.39 is 7.12 Å². The average molecular weight is 416 g/mol. The normalized spacial score (nSPS) is 19.6. The minimum Gasteiger partial charge on any atom is -0.490 e. The Morgan fingerprint density at radius 3 is 2.00 bits per heavy atom. The van der Waals surface area contributed by atoms with Crippen LogP contribution in [-0.2, 0) is 0 Å². The van der Waals surface area contributed by atoms with E-state index in [0.29, 0.717) is 17.0 Å². The minimum atomic E-state index is -1.51. The predicted octanol–water partition coefficient (Wildman–Crippen LogP) is 2.61. The monoisotopic (exact) mass is 416 g/mol. The highest BCUT2D eigenvalue weighted by atomic mass is 127. The second kappa shape index (κ2) is 7.40. The largest absolute Gasteiger partial charge is 0.490 e. The highest BCUT2D eigenvalue weighted by Gasteiger charge is 2.25. The van der Waals surface area contributed by atoms with Gasteiger partial charge in [0.15, 0.2) is 0 Å². The lowest BCUT2D eigenvalue weighted by Gasteiger charge is -2.20. The SMILES string of the molecule is OB(O)c1cc(OC2CCCC2)cc(OC2CCCC2)c1I. The zero-order valence-corrected chi connectivity index (χ0v) is 14.8. The number of hydrogen-bond donors (Lipinski definition) is 2. The Balaban J connectivity index is 1.83. The van der Waals surface area contributed by atoms with Gasteiger partial charge in [0.1, 0.15) is 11.5 Å². The van der Waals surface area contributed by atoms with Crippen LogP contribution in [0, 0.1) is 3.57 Å². The Hall–Kier alpha value is -0.465. The number of benzene rings is 1. The highest BCUT2D eigenvalue weighted by Crippen LogP contribution is 2.32. The third-order valence-corrected chi connectivity index (χ3v) is 5.67. The first-order valence-corrected chi connectivity index (χ1v) is 9.24. The van der Waals surface area contributed by atoms with Gasteiger partial charge in [-0.15, -0.1) is 0 Å². The molecule has 2 aliphatic carbocycles. The molecule has 0 aliphatic heterocycles. The van der Waals surface area contributed by atoms with Crippen molar-refractivity contribution in [2.24, 2.45) is 0 Å². The molecule has 0 bridgehead atoms. The molecule has 1 aromatic carbocycles. The van der Waals surface area contributed by atoms with Crippen molar-refractivity contribution in [3.63, 3.8) is 0 Å². The molecule has 6 heteroatoms. The van der Waals surface area contributed by atoms with Gasteiger partial charge in [0.2, 0.25) is 0 Å². The molecular formula is C16H22BIO4. The highest BCUT2D eigenvalue weighted by molar-refractivity contribution is 14.1. The molecule has 3 rings (SSSR count). The quantitative estimate of drug-likeness (QED) is 0.573. The second-order valence-corrected chi connectivity index (χ2v) is 7.33. The topological polar surface area (TPSA) is 58.9 Å². The van der Waals surface area contributed by atoms with Crippen molar-refractivity contribution < 1.29 is 19.5 Å². The summed E-state index contributed by atoms with van der Waals surface area (Å²) in [5, 5.41) is 19.2. The van der Waals surface area contributed by atoms with Crippen LogP contribution in [0.4, 0.5) is 0 Å². The third kappa shape index (κ3) is 3.89. The molecule has 22 heavy (non-hydrogen) atoms. The summed E-state index contributed by atoms with van der Waals surface area (Å²) in [7, 11) is -1.51. The van der Waals surface area contributed by atoms with Gasteiger partial charge in [-0.3, -0.25) is 0 Å². The lowest BCUT2D eigenvalue weighted by atomic mass is 9.80. The average Bonchev–Trinajstić information content (AvgIpc) is 3.15. The van der Waals surface area contributed by atoms with Crippen LogP contribution < -0.4 is 14.9 Å². The Labute approximate surface area is 145 Å². The van der Waals surface area contributed by atoms with Gasteiger partial charge in [-0.2, -0.15) is 0 Å². The van der Waals surface area contributed by atoms with E-state index in [1.54, 1.807) is 6.07 Å². The van der Waals surface area contributed by atoms with Crippen molar-refractivity contribution in [2.75, 3.05) is 0 Å².